The summed E-state index contributed by atoms with van der Waals surface area (Å²) < 4.78 is 0. The molecule has 0 spiro atoms. The van der Waals surface area contributed by atoms with E-state index in [2.05, 4.69) is 5.92 Å². The highest BCUT2D eigenvalue weighted by Crippen LogP contribution is 2.19. The molecular weight excluding hydrogens is 218 g/mol. The molecular formula is C13H15NO3. The van der Waals surface area contributed by atoms with Crippen LogP contribution in [-0.2, 0) is 11.3 Å². The fraction of sp³-hybridized carbons (Fsp3) is 0.308. The zero-order valence-corrected chi connectivity index (χ0v) is 9.68. The molecule has 0 radical (unpaired) electrons. The van der Waals surface area contributed by atoms with Crippen LogP contribution in [0.15, 0.2) is 18.2 Å². The largest absolute Gasteiger partial charge is 0.508 e. The molecule has 0 aliphatic rings. The molecule has 0 amide bonds. The third kappa shape index (κ3) is 4.17. The van der Waals surface area contributed by atoms with Gasteiger partial charge in [-0.05, 0) is 13.0 Å². The number of phenols is 1. The lowest BCUT2D eigenvalue weighted by molar-refractivity contribution is -0.138. The summed E-state index contributed by atoms with van der Waals surface area (Å²) in [6.45, 7) is 2.33. The quantitative estimate of drug-likeness (QED) is 0.751. The van der Waals surface area contributed by atoms with Gasteiger partial charge in [0.2, 0.25) is 0 Å². The van der Waals surface area contributed by atoms with Gasteiger partial charge in [-0.25, -0.2) is 0 Å². The first-order valence-electron chi connectivity index (χ1n) is 5.19. The molecule has 0 aliphatic carbocycles. The van der Waals surface area contributed by atoms with Gasteiger partial charge >= 0.3 is 5.97 Å². The summed E-state index contributed by atoms with van der Waals surface area (Å²) in [7, 11) is 0. The van der Waals surface area contributed by atoms with Crippen LogP contribution in [0.2, 0.25) is 0 Å². The maximum absolute atomic E-state index is 10.7. The Kier molecular flexibility index (Phi) is 4.56. The number of phenolic OH excluding ortho intramolecular Hbond substituents is 1. The number of aryl methyl sites for hydroxylation is 1. The molecule has 0 aliphatic heterocycles. The Morgan fingerprint density at radius 2 is 2.24 bits per heavy atom. The van der Waals surface area contributed by atoms with Crippen LogP contribution in [0.1, 0.15) is 11.1 Å². The minimum Gasteiger partial charge on any atom is -0.508 e. The van der Waals surface area contributed by atoms with Gasteiger partial charge in [-0.1, -0.05) is 23.6 Å². The molecule has 90 valence electrons. The van der Waals surface area contributed by atoms with Crippen molar-refractivity contribution in [2.45, 2.75) is 13.5 Å². The fourth-order valence-corrected chi connectivity index (χ4v) is 1.57. The van der Waals surface area contributed by atoms with Crippen LogP contribution in [0.3, 0.4) is 0 Å². The number of hydrogen-bond acceptors (Lipinski definition) is 3. The van der Waals surface area contributed by atoms with Crippen LogP contribution in [0.5, 0.6) is 5.75 Å². The van der Waals surface area contributed by atoms with Crippen molar-refractivity contribution >= 4 is 5.97 Å². The van der Waals surface area contributed by atoms with Crippen molar-refractivity contribution in [3.8, 4) is 18.1 Å². The minimum absolute atomic E-state index is 0.141. The molecule has 0 unspecified atom stereocenters. The lowest BCUT2D eigenvalue weighted by Crippen LogP contribution is -2.29. The van der Waals surface area contributed by atoms with Gasteiger partial charge in [0.15, 0.2) is 0 Å². The van der Waals surface area contributed by atoms with Crippen molar-refractivity contribution in [3.05, 3.63) is 29.3 Å². The number of rotatable bonds is 5. The maximum atomic E-state index is 10.7. The summed E-state index contributed by atoms with van der Waals surface area (Å²) in [5, 5.41) is 18.4. The number of carboxylic acids is 1. The first-order valence-corrected chi connectivity index (χ1v) is 5.19. The van der Waals surface area contributed by atoms with Crippen molar-refractivity contribution in [1.82, 2.24) is 4.90 Å². The lowest BCUT2D eigenvalue weighted by atomic mass is 10.1. The molecule has 0 heterocycles. The summed E-state index contributed by atoms with van der Waals surface area (Å²) in [4.78, 5) is 12.2. The van der Waals surface area contributed by atoms with Gasteiger partial charge < -0.3 is 10.2 Å². The first kappa shape index (κ1) is 13.1. The van der Waals surface area contributed by atoms with E-state index in [-0.39, 0.29) is 18.8 Å². The third-order valence-electron chi connectivity index (χ3n) is 2.30. The minimum atomic E-state index is -0.938. The van der Waals surface area contributed by atoms with Crippen LogP contribution in [0.4, 0.5) is 0 Å². The standard InChI is InChI=1S/C13H15NO3/c1-3-6-14(9-13(16)17)8-11-7-10(2)4-5-12(11)15/h1,4-5,7,15H,6,8-9H2,2H3,(H,16,17). The number of terminal acetylenes is 1. The number of aromatic hydroxyl groups is 1. The molecule has 0 saturated heterocycles. The summed E-state index contributed by atoms with van der Waals surface area (Å²) in [5.74, 6) is 1.63. The van der Waals surface area contributed by atoms with E-state index in [4.69, 9.17) is 11.5 Å². The molecule has 0 atom stereocenters. The molecule has 4 heteroatoms. The predicted molar refractivity (Wildman–Crippen MR) is 64.6 cm³/mol. The molecule has 0 saturated carbocycles. The van der Waals surface area contributed by atoms with Crippen LogP contribution in [0.25, 0.3) is 0 Å². The van der Waals surface area contributed by atoms with Gasteiger partial charge in [0, 0.05) is 12.1 Å². The molecule has 0 fully saturated rings. The van der Waals surface area contributed by atoms with Crippen molar-refractivity contribution in [3.63, 3.8) is 0 Å². The van der Waals surface area contributed by atoms with E-state index in [1.54, 1.807) is 17.0 Å². The monoisotopic (exact) mass is 233 g/mol. The van der Waals surface area contributed by atoms with Crippen molar-refractivity contribution < 1.29 is 15.0 Å². The Morgan fingerprint density at radius 3 is 2.82 bits per heavy atom. The van der Waals surface area contributed by atoms with Gasteiger partial charge in [0.1, 0.15) is 5.75 Å². The highest BCUT2D eigenvalue weighted by atomic mass is 16.4. The molecule has 0 bridgehead atoms. The van der Waals surface area contributed by atoms with Crippen molar-refractivity contribution in [2.75, 3.05) is 13.1 Å². The van der Waals surface area contributed by atoms with E-state index in [1.807, 2.05) is 13.0 Å². The average molecular weight is 233 g/mol. The van der Waals surface area contributed by atoms with E-state index in [0.717, 1.165) is 5.56 Å². The summed E-state index contributed by atoms with van der Waals surface area (Å²) in [6.07, 6.45) is 5.18. The Labute approximate surface area is 100 Å². The Balaban J connectivity index is 2.81. The SMILES string of the molecule is C#CCN(CC(=O)O)Cc1cc(C)ccc1O. The van der Waals surface area contributed by atoms with Gasteiger partial charge in [0.05, 0.1) is 13.1 Å². The first-order chi connectivity index (χ1) is 8.02. The predicted octanol–water partition coefficient (Wildman–Crippen LogP) is 1.22. The fourth-order valence-electron chi connectivity index (χ4n) is 1.57. The molecule has 1 aromatic carbocycles. The second-order valence-corrected chi connectivity index (χ2v) is 3.88. The number of carboxylic acid groups (broad SMARTS) is 1. The van der Waals surface area contributed by atoms with E-state index in [0.29, 0.717) is 12.1 Å². The van der Waals surface area contributed by atoms with Crippen molar-refractivity contribution in [1.29, 1.82) is 0 Å². The van der Waals surface area contributed by atoms with Gasteiger partial charge in [-0.15, -0.1) is 6.42 Å². The van der Waals surface area contributed by atoms with E-state index in [9.17, 15) is 9.90 Å². The Hall–Kier alpha value is -1.99. The third-order valence-corrected chi connectivity index (χ3v) is 2.30. The molecule has 1 rings (SSSR count). The Morgan fingerprint density at radius 1 is 1.53 bits per heavy atom. The van der Waals surface area contributed by atoms with Gasteiger partial charge in [-0.2, -0.15) is 0 Å². The zero-order chi connectivity index (χ0) is 12.8. The number of aliphatic carboxylic acids is 1. The molecule has 4 nitrogen and oxygen atoms in total. The number of benzene rings is 1. The molecule has 1 aromatic rings. The summed E-state index contributed by atoms with van der Waals surface area (Å²) >= 11 is 0. The van der Waals surface area contributed by atoms with Gasteiger partial charge in [0.25, 0.3) is 0 Å². The van der Waals surface area contributed by atoms with E-state index >= 15 is 0 Å². The highest BCUT2D eigenvalue weighted by molar-refractivity contribution is 5.69. The molecule has 0 aromatic heterocycles. The summed E-state index contributed by atoms with van der Waals surface area (Å²) in [5.41, 5.74) is 1.69. The average Bonchev–Trinajstić information content (AvgIpc) is 2.23. The highest BCUT2D eigenvalue weighted by Gasteiger charge is 2.11. The Bertz CT molecular complexity index is 448. The number of nitrogens with zero attached hydrogens (tertiary/aromatic N) is 1. The topological polar surface area (TPSA) is 60.8 Å². The smallest absolute Gasteiger partial charge is 0.317 e. The second kappa shape index (κ2) is 5.92. The summed E-state index contributed by atoms with van der Waals surface area (Å²) in [6, 6.07) is 5.21. The van der Waals surface area contributed by atoms with Crippen molar-refractivity contribution in [2.24, 2.45) is 0 Å². The normalized spacial score (nSPS) is 10.2. The lowest BCUT2D eigenvalue weighted by Gasteiger charge is -2.18. The van der Waals surface area contributed by atoms with E-state index in [1.165, 1.54) is 0 Å². The number of hydrogen-bond donors (Lipinski definition) is 2. The van der Waals surface area contributed by atoms with E-state index < -0.39 is 5.97 Å². The maximum Gasteiger partial charge on any atom is 0.317 e. The van der Waals surface area contributed by atoms with Crippen LogP contribution in [0, 0.1) is 19.3 Å². The molecule has 17 heavy (non-hydrogen) atoms. The zero-order valence-electron chi connectivity index (χ0n) is 9.68. The van der Waals surface area contributed by atoms with Crippen LogP contribution in [-0.4, -0.2) is 34.2 Å². The van der Waals surface area contributed by atoms with Gasteiger partial charge in [-0.3, -0.25) is 9.69 Å². The second-order valence-electron chi connectivity index (χ2n) is 3.88. The number of carbonyl (C=O) groups is 1. The molecule has 2 N–H and O–H groups in total. The van der Waals surface area contributed by atoms with Crippen LogP contribution >= 0.6 is 0 Å². The van der Waals surface area contributed by atoms with Crippen LogP contribution < -0.4 is 0 Å².